The summed E-state index contributed by atoms with van der Waals surface area (Å²) in [5.41, 5.74) is 3.78. The van der Waals surface area contributed by atoms with Crippen LogP contribution in [0.4, 0.5) is 5.69 Å². The standard InChI is InChI=1S/C25H36N2O3/c1-18(28)19-5-8-22(9-6-19)27-12-10-26(11-13-27)15-23(29)17-30-16-20-4-7-21-14-24(20)25(21,2)3/h4-6,8-9,21,23-24,29H,7,10-17H2,1-3H3/t21-,23+,24-/m0/s1. The van der Waals surface area contributed by atoms with Gasteiger partial charge in [-0.1, -0.05) is 19.9 Å². The number of ether oxygens (including phenoxy) is 1. The summed E-state index contributed by atoms with van der Waals surface area (Å²) in [5.74, 6) is 1.62. The van der Waals surface area contributed by atoms with Gasteiger partial charge in [-0.2, -0.15) is 0 Å². The molecule has 1 N–H and O–H groups in total. The number of piperazine rings is 1. The second kappa shape index (κ2) is 8.81. The Morgan fingerprint density at radius 1 is 1.20 bits per heavy atom. The molecule has 2 fully saturated rings. The first-order valence-electron chi connectivity index (χ1n) is 11.4. The molecular formula is C25H36N2O3. The summed E-state index contributed by atoms with van der Waals surface area (Å²) in [6.45, 7) is 11.8. The number of rotatable bonds is 8. The van der Waals surface area contributed by atoms with Gasteiger partial charge in [0.2, 0.25) is 0 Å². The maximum atomic E-state index is 11.4. The van der Waals surface area contributed by atoms with Gasteiger partial charge in [-0.25, -0.2) is 0 Å². The average Bonchev–Trinajstić information content (AvgIpc) is 2.74. The van der Waals surface area contributed by atoms with Crippen LogP contribution in [-0.2, 0) is 4.74 Å². The number of carbonyl (C=O) groups is 1. The van der Waals surface area contributed by atoms with Crippen molar-refractivity contribution < 1.29 is 14.6 Å². The van der Waals surface area contributed by atoms with Crippen molar-refractivity contribution in [2.75, 3.05) is 50.8 Å². The first-order valence-corrected chi connectivity index (χ1v) is 11.4. The first-order chi connectivity index (χ1) is 14.3. The Balaban J connectivity index is 1.16. The maximum Gasteiger partial charge on any atom is 0.159 e. The molecule has 1 heterocycles. The van der Waals surface area contributed by atoms with E-state index in [2.05, 4.69) is 29.7 Å². The maximum absolute atomic E-state index is 11.4. The SMILES string of the molecule is CC(=O)c1ccc(N2CCN(C[C@@H](O)COCC3=CC[C@H]4C[C@@H]3C4(C)C)CC2)cc1. The van der Waals surface area contributed by atoms with Gasteiger partial charge < -0.3 is 14.7 Å². The molecule has 5 rings (SSSR count). The van der Waals surface area contributed by atoms with E-state index < -0.39 is 6.10 Å². The zero-order valence-electron chi connectivity index (χ0n) is 18.6. The number of fused-ring (bicyclic) bond motifs is 1. The monoisotopic (exact) mass is 412 g/mol. The molecule has 1 saturated carbocycles. The number of ketones is 1. The molecule has 5 heteroatoms. The van der Waals surface area contributed by atoms with Gasteiger partial charge in [-0.05, 0) is 66.9 Å². The highest BCUT2D eigenvalue weighted by molar-refractivity contribution is 5.94. The van der Waals surface area contributed by atoms with E-state index in [1.165, 1.54) is 18.4 Å². The molecular weight excluding hydrogens is 376 g/mol. The van der Waals surface area contributed by atoms with Crippen molar-refractivity contribution in [3.63, 3.8) is 0 Å². The molecule has 0 amide bonds. The Hall–Kier alpha value is -1.69. The Kier molecular flexibility index (Phi) is 6.33. The van der Waals surface area contributed by atoms with Gasteiger partial charge in [-0.15, -0.1) is 0 Å². The Labute approximate surface area is 180 Å². The summed E-state index contributed by atoms with van der Waals surface area (Å²) in [7, 11) is 0. The van der Waals surface area contributed by atoms with Crippen LogP contribution in [-0.4, -0.2) is 67.8 Å². The zero-order valence-corrected chi connectivity index (χ0v) is 18.6. The molecule has 4 aliphatic rings. The normalized spacial score (nSPS) is 26.7. The number of nitrogens with zero attached hydrogens (tertiary/aromatic N) is 2. The number of allylic oxidation sites excluding steroid dienone is 1. The van der Waals surface area contributed by atoms with E-state index in [1.54, 1.807) is 6.92 Å². The van der Waals surface area contributed by atoms with Crippen LogP contribution in [0.5, 0.6) is 0 Å². The van der Waals surface area contributed by atoms with Crippen molar-refractivity contribution >= 4 is 11.5 Å². The topological polar surface area (TPSA) is 53.0 Å². The van der Waals surface area contributed by atoms with Gasteiger partial charge in [0.05, 0.1) is 19.3 Å². The average molecular weight is 413 g/mol. The summed E-state index contributed by atoms with van der Waals surface area (Å²) in [6, 6.07) is 7.86. The number of benzene rings is 1. The molecule has 164 valence electrons. The van der Waals surface area contributed by atoms with Crippen molar-refractivity contribution in [2.45, 2.75) is 39.7 Å². The Bertz CT molecular complexity index is 778. The molecule has 5 nitrogen and oxygen atoms in total. The highest BCUT2D eigenvalue weighted by atomic mass is 16.5. The molecule has 3 aliphatic carbocycles. The van der Waals surface area contributed by atoms with Crippen LogP contribution >= 0.6 is 0 Å². The van der Waals surface area contributed by atoms with Crippen LogP contribution in [0.15, 0.2) is 35.9 Å². The van der Waals surface area contributed by atoms with E-state index in [1.807, 2.05) is 24.3 Å². The minimum absolute atomic E-state index is 0.1000. The second-order valence-corrected chi connectivity index (χ2v) is 9.88. The molecule has 2 bridgehead atoms. The lowest BCUT2D eigenvalue weighted by molar-refractivity contribution is -0.0262. The zero-order chi connectivity index (χ0) is 21.3. The van der Waals surface area contributed by atoms with Crippen molar-refractivity contribution in [1.82, 2.24) is 4.90 Å². The quantitative estimate of drug-likeness (QED) is 0.524. The predicted octanol–water partition coefficient (Wildman–Crippen LogP) is 3.38. The van der Waals surface area contributed by atoms with Crippen LogP contribution in [0.2, 0.25) is 0 Å². The summed E-state index contributed by atoms with van der Waals surface area (Å²) in [5, 5.41) is 10.4. The van der Waals surface area contributed by atoms with E-state index >= 15 is 0 Å². The van der Waals surface area contributed by atoms with Crippen molar-refractivity contribution in [1.29, 1.82) is 0 Å². The van der Waals surface area contributed by atoms with E-state index in [0.29, 0.717) is 31.1 Å². The van der Waals surface area contributed by atoms with Crippen molar-refractivity contribution in [3.05, 3.63) is 41.5 Å². The van der Waals surface area contributed by atoms with E-state index in [-0.39, 0.29) is 5.78 Å². The fraction of sp³-hybridized carbons (Fsp3) is 0.640. The third-order valence-electron chi connectivity index (χ3n) is 7.64. The van der Waals surface area contributed by atoms with Crippen LogP contribution in [0.25, 0.3) is 0 Å². The predicted molar refractivity (Wildman–Crippen MR) is 120 cm³/mol. The molecule has 0 radical (unpaired) electrons. The summed E-state index contributed by atoms with van der Waals surface area (Å²) < 4.78 is 5.90. The highest BCUT2D eigenvalue weighted by Crippen LogP contribution is 2.59. The smallest absolute Gasteiger partial charge is 0.159 e. The van der Waals surface area contributed by atoms with Gasteiger partial charge in [0.1, 0.15) is 0 Å². The number of hydrogen-bond donors (Lipinski definition) is 1. The van der Waals surface area contributed by atoms with Gasteiger partial charge in [0.15, 0.2) is 5.78 Å². The minimum Gasteiger partial charge on any atom is -0.389 e. The van der Waals surface area contributed by atoms with E-state index in [0.717, 1.165) is 43.3 Å². The van der Waals surface area contributed by atoms with Gasteiger partial charge in [0.25, 0.3) is 0 Å². The van der Waals surface area contributed by atoms with Crippen LogP contribution in [0.3, 0.4) is 0 Å². The summed E-state index contributed by atoms with van der Waals surface area (Å²) in [4.78, 5) is 16.1. The number of Topliss-reactive ketones (excluding diaryl/α,β-unsaturated/α-hetero) is 1. The highest BCUT2D eigenvalue weighted by Gasteiger charge is 2.50. The number of carbonyl (C=O) groups excluding carboxylic acids is 1. The molecule has 0 unspecified atom stereocenters. The van der Waals surface area contributed by atoms with Gasteiger partial charge >= 0.3 is 0 Å². The number of aliphatic hydroxyl groups excluding tert-OH is 1. The molecule has 3 atom stereocenters. The molecule has 1 aromatic carbocycles. The van der Waals surface area contributed by atoms with Crippen LogP contribution in [0, 0.1) is 17.3 Å². The molecule has 1 aliphatic heterocycles. The first kappa shape index (κ1) is 21.5. The van der Waals surface area contributed by atoms with E-state index in [9.17, 15) is 9.90 Å². The number of β-amino-alcohol motifs (C(OH)–C–C–N with tert-alkyl or cyclic N) is 1. The summed E-state index contributed by atoms with van der Waals surface area (Å²) >= 11 is 0. The molecule has 30 heavy (non-hydrogen) atoms. The lowest BCUT2D eigenvalue weighted by Gasteiger charge is -2.56. The van der Waals surface area contributed by atoms with Crippen LogP contribution in [0.1, 0.15) is 44.0 Å². The van der Waals surface area contributed by atoms with Gasteiger partial charge in [-0.3, -0.25) is 9.69 Å². The Morgan fingerprint density at radius 3 is 2.50 bits per heavy atom. The lowest BCUT2D eigenvalue weighted by atomic mass is 9.49. The van der Waals surface area contributed by atoms with Crippen molar-refractivity contribution in [2.24, 2.45) is 17.3 Å². The number of anilines is 1. The Morgan fingerprint density at radius 2 is 1.90 bits per heavy atom. The third kappa shape index (κ3) is 4.48. The largest absolute Gasteiger partial charge is 0.389 e. The second-order valence-electron chi connectivity index (χ2n) is 9.88. The fourth-order valence-electron chi connectivity index (χ4n) is 5.40. The number of aliphatic hydroxyl groups is 1. The third-order valence-corrected chi connectivity index (χ3v) is 7.64. The molecule has 1 aromatic rings. The van der Waals surface area contributed by atoms with Crippen molar-refractivity contribution in [3.8, 4) is 0 Å². The van der Waals surface area contributed by atoms with E-state index in [4.69, 9.17) is 4.74 Å². The molecule has 0 spiro atoms. The molecule has 1 saturated heterocycles. The van der Waals surface area contributed by atoms with Crippen LogP contribution < -0.4 is 4.90 Å². The van der Waals surface area contributed by atoms with Gasteiger partial charge in [0, 0.05) is 44.0 Å². The summed E-state index contributed by atoms with van der Waals surface area (Å²) in [6.07, 6.45) is 4.43. The lowest BCUT2D eigenvalue weighted by Crippen LogP contribution is -2.49. The number of hydrogen-bond acceptors (Lipinski definition) is 5. The molecule has 0 aromatic heterocycles. The minimum atomic E-state index is -0.447. The fourth-order valence-corrected chi connectivity index (χ4v) is 5.40.